The maximum atomic E-state index is 12.3. The summed E-state index contributed by atoms with van der Waals surface area (Å²) in [6, 6.07) is 29.2. The summed E-state index contributed by atoms with van der Waals surface area (Å²) in [4.78, 5) is 12.3. The van der Waals surface area contributed by atoms with E-state index >= 15 is 0 Å². The smallest absolute Gasteiger partial charge is 0.338 e. The molecular weight excluding hydrogens is 422 g/mol. The lowest BCUT2D eigenvalue weighted by atomic mass is 9.83. The molecule has 0 aliphatic carbocycles. The Hall–Kier alpha value is -3.63. The average Bonchev–Trinajstić information content (AvgIpc) is 2.88. The molecule has 0 radical (unpaired) electrons. The van der Waals surface area contributed by atoms with Crippen molar-refractivity contribution in [2.45, 2.75) is 31.9 Å². The van der Waals surface area contributed by atoms with Crippen LogP contribution in [0.5, 0.6) is 5.75 Å². The fraction of sp³-hybridized carbons (Fsp3) is 0.233. The zero-order valence-corrected chi connectivity index (χ0v) is 19.6. The maximum absolute atomic E-state index is 12.3. The van der Waals surface area contributed by atoms with E-state index in [4.69, 9.17) is 9.47 Å². The first-order chi connectivity index (χ1) is 16.6. The molecule has 4 heteroatoms. The molecule has 1 heterocycles. The SMILES string of the molecule is COC(=O)c1cc(C2C[C@H](CNCc3cccc4ccccc34)Oc3ccccc32)ccc1C. The van der Waals surface area contributed by atoms with Gasteiger partial charge >= 0.3 is 5.97 Å². The molecule has 4 aromatic carbocycles. The molecule has 0 spiro atoms. The standard InChI is InChI=1S/C30H29NO3/c1-20-14-15-22(16-27(20)30(32)33-2)28-17-24(34-29-13-6-5-12-26(28)29)19-31-18-23-10-7-9-21-8-3-4-11-25(21)23/h3-16,24,28,31H,17-19H2,1-2H3/t24-,28?/m1/s1. The maximum Gasteiger partial charge on any atom is 0.338 e. The van der Waals surface area contributed by atoms with Crippen molar-refractivity contribution in [1.29, 1.82) is 0 Å². The Bertz CT molecular complexity index is 1320. The molecule has 1 N–H and O–H groups in total. The van der Waals surface area contributed by atoms with Gasteiger partial charge in [0, 0.05) is 24.6 Å². The number of benzene rings is 4. The molecule has 5 rings (SSSR count). The van der Waals surface area contributed by atoms with Crippen LogP contribution in [0, 0.1) is 6.92 Å². The Balaban J connectivity index is 1.36. The lowest BCUT2D eigenvalue weighted by molar-refractivity contribution is 0.0599. The minimum atomic E-state index is -0.298. The fourth-order valence-electron chi connectivity index (χ4n) is 4.93. The number of esters is 1. The molecule has 0 aromatic heterocycles. The molecule has 1 aliphatic heterocycles. The first kappa shape index (κ1) is 22.2. The highest BCUT2D eigenvalue weighted by Gasteiger charge is 2.29. The minimum Gasteiger partial charge on any atom is -0.489 e. The molecule has 172 valence electrons. The van der Waals surface area contributed by atoms with Gasteiger partial charge in [0.2, 0.25) is 0 Å². The quantitative estimate of drug-likeness (QED) is 0.365. The van der Waals surface area contributed by atoms with Gasteiger partial charge in [-0.3, -0.25) is 0 Å². The lowest BCUT2D eigenvalue weighted by Gasteiger charge is -2.33. The Kier molecular flexibility index (Phi) is 6.33. The van der Waals surface area contributed by atoms with E-state index in [0.717, 1.165) is 42.0 Å². The van der Waals surface area contributed by atoms with Gasteiger partial charge in [-0.05, 0) is 52.9 Å². The third-order valence-corrected chi connectivity index (χ3v) is 6.72. The Morgan fingerprint density at radius 1 is 1.00 bits per heavy atom. The molecule has 1 aliphatic rings. The number of methoxy groups -OCH3 is 1. The second-order valence-electron chi connectivity index (χ2n) is 8.90. The van der Waals surface area contributed by atoms with Crippen LogP contribution in [0.25, 0.3) is 10.8 Å². The minimum absolute atomic E-state index is 0.0257. The van der Waals surface area contributed by atoms with Crippen molar-refractivity contribution in [1.82, 2.24) is 5.32 Å². The molecule has 2 atom stereocenters. The van der Waals surface area contributed by atoms with Crippen LogP contribution in [-0.2, 0) is 11.3 Å². The van der Waals surface area contributed by atoms with Gasteiger partial charge in [0.25, 0.3) is 0 Å². The van der Waals surface area contributed by atoms with Gasteiger partial charge in [-0.2, -0.15) is 0 Å². The summed E-state index contributed by atoms with van der Waals surface area (Å²) in [6.45, 7) is 3.46. The summed E-state index contributed by atoms with van der Waals surface area (Å²) in [5.41, 5.74) is 5.10. The van der Waals surface area contributed by atoms with Crippen LogP contribution in [-0.4, -0.2) is 25.7 Å². The zero-order chi connectivity index (χ0) is 23.5. The molecule has 34 heavy (non-hydrogen) atoms. The molecule has 0 saturated carbocycles. The van der Waals surface area contributed by atoms with Crippen LogP contribution in [0.1, 0.15) is 45.0 Å². The molecule has 4 nitrogen and oxygen atoms in total. The highest BCUT2D eigenvalue weighted by molar-refractivity contribution is 5.91. The number of rotatable bonds is 6. The number of hydrogen-bond donors (Lipinski definition) is 1. The molecule has 4 aromatic rings. The fourth-order valence-corrected chi connectivity index (χ4v) is 4.93. The van der Waals surface area contributed by atoms with E-state index < -0.39 is 0 Å². The van der Waals surface area contributed by atoms with Gasteiger partial charge in [-0.1, -0.05) is 72.8 Å². The van der Waals surface area contributed by atoms with Crippen LogP contribution in [0.3, 0.4) is 0 Å². The van der Waals surface area contributed by atoms with Crippen molar-refractivity contribution in [2.24, 2.45) is 0 Å². The van der Waals surface area contributed by atoms with E-state index in [1.807, 2.05) is 37.3 Å². The number of aryl methyl sites for hydroxylation is 1. The van der Waals surface area contributed by atoms with E-state index in [1.54, 1.807) is 0 Å². The molecular formula is C30H29NO3. The van der Waals surface area contributed by atoms with Crippen LogP contribution < -0.4 is 10.1 Å². The highest BCUT2D eigenvalue weighted by Crippen LogP contribution is 2.40. The molecule has 0 saturated heterocycles. The highest BCUT2D eigenvalue weighted by atomic mass is 16.5. The Morgan fingerprint density at radius 3 is 2.68 bits per heavy atom. The van der Waals surface area contributed by atoms with Gasteiger partial charge in [0.1, 0.15) is 11.9 Å². The van der Waals surface area contributed by atoms with Gasteiger partial charge in [0.15, 0.2) is 0 Å². The van der Waals surface area contributed by atoms with Crippen molar-refractivity contribution < 1.29 is 14.3 Å². The van der Waals surface area contributed by atoms with Crippen LogP contribution in [0.4, 0.5) is 0 Å². The van der Waals surface area contributed by atoms with E-state index in [-0.39, 0.29) is 18.0 Å². The van der Waals surface area contributed by atoms with Crippen molar-refractivity contribution in [2.75, 3.05) is 13.7 Å². The van der Waals surface area contributed by atoms with Gasteiger partial charge in [-0.15, -0.1) is 0 Å². The Morgan fingerprint density at radius 2 is 1.79 bits per heavy atom. The number of ether oxygens (including phenoxy) is 2. The van der Waals surface area contributed by atoms with Crippen LogP contribution in [0.2, 0.25) is 0 Å². The first-order valence-electron chi connectivity index (χ1n) is 11.8. The van der Waals surface area contributed by atoms with Gasteiger partial charge in [0.05, 0.1) is 12.7 Å². The van der Waals surface area contributed by atoms with E-state index in [9.17, 15) is 4.79 Å². The number of hydrogen-bond acceptors (Lipinski definition) is 4. The predicted octanol–water partition coefficient (Wildman–Crippen LogP) is 6.01. The summed E-state index contributed by atoms with van der Waals surface area (Å²) < 4.78 is 11.4. The average molecular weight is 452 g/mol. The summed E-state index contributed by atoms with van der Waals surface area (Å²) in [6.07, 6.45) is 0.862. The van der Waals surface area contributed by atoms with Crippen molar-refractivity contribution in [3.63, 3.8) is 0 Å². The molecule has 0 fully saturated rings. The van der Waals surface area contributed by atoms with Crippen molar-refractivity contribution >= 4 is 16.7 Å². The van der Waals surface area contributed by atoms with E-state index in [0.29, 0.717) is 5.56 Å². The third-order valence-electron chi connectivity index (χ3n) is 6.72. The largest absolute Gasteiger partial charge is 0.489 e. The van der Waals surface area contributed by atoms with Crippen LogP contribution >= 0.6 is 0 Å². The lowest BCUT2D eigenvalue weighted by Crippen LogP contribution is -2.35. The topological polar surface area (TPSA) is 47.6 Å². The molecule has 1 unspecified atom stereocenters. The number of carbonyl (C=O) groups excluding carboxylic acids is 1. The summed E-state index contributed by atoms with van der Waals surface area (Å²) in [5, 5.41) is 6.15. The number of nitrogens with one attached hydrogen (secondary N) is 1. The monoisotopic (exact) mass is 451 g/mol. The van der Waals surface area contributed by atoms with Crippen LogP contribution in [0.15, 0.2) is 84.9 Å². The Labute approximate surface area is 200 Å². The second kappa shape index (κ2) is 9.70. The second-order valence-corrected chi connectivity index (χ2v) is 8.90. The van der Waals surface area contributed by atoms with E-state index in [2.05, 4.69) is 59.9 Å². The predicted molar refractivity (Wildman–Crippen MR) is 135 cm³/mol. The number of carbonyl (C=O) groups is 1. The molecule has 0 amide bonds. The normalized spacial score (nSPS) is 17.1. The van der Waals surface area contributed by atoms with Crippen molar-refractivity contribution in [3.05, 3.63) is 113 Å². The summed E-state index contributed by atoms with van der Waals surface area (Å²) >= 11 is 0. The molecule has 0 bridgehead atoms. The van der Waals surface area contributed by atoms with Crippen molar-refractivity contribution in [3.8, 4) is 5.75 Å². The van der Waals surface area contributed by atoms with Gasteiger partial charge in [-0.25, -0.2) is 4.79 Å². The zero-order valence-electron chi connectivity index (χ0n) is 19.6. The third kappa shape index (κ3) is 4.42. The summed E-state index contributed by atoms with van der Waals surface area (Å²) in [7, 11) is 1.43. The summed E-state index contributed by atoms with van der Waals surface area (Å²) in [5.74, 6) is 0.766. The number of fused-ring (bicyclic) bond motifs is 2. The number of para-hydroxylation sites is 1. The van der Waals surface area contributed by atoms with Gasteiger partial charge < -0.3 is 14.8 Å². The first-order valence-corrected chi connectivity index (χ1v) is 11.8. The van der Waals surface area contributed by atoms with E-state index in [1.165, 1.54) is 23.4 Å².